The lowest BCUT2D eigenvalue weighted by molar-refractivity contribution is 0.0292. The number of allylic oxidation sites excluding steroid dienone is 2. The molecule has 1 aromatic rings. The summed E-state index contributed by atoms with van der Waals surface area (Å²) in [6, 6.07) is 4.07. The van der Waals surface area contributed by atoms with Crippen LogP contribution in [0.5, 0.6) is 0 Å². The van der Waals surface area contributed by atoms with Crippen molar-refractivity contribution in [3.8, 4) is 0 Å². The molecule has 0 aliphatic carbocycles. The van der Waals surface area contributed by atoms with E-state index in [1.165, 1.54) is 18.2 Å². The van der Waals surface area contributed by atoms with Crippen molar-refractivity contribution in [2.45, 2.75) is 38.8 Å². The molecule has 2 aliphatic rings. The van der Waals surface area contributed by atoms with Crippen LogP contribution in [0.15, 0.2) is 30.0 Å². The third kappa shape index (κ3) is 3.89. The summed E-state index contributed by atoms with van der Waals surface area (Å²) in [6.45, 7) is 6.07. The second-order valence-electron chi connectivity index (χ2n) is 7.71. The molecule has 6 nitrogen and oxygen atoms in total. The summed E-state index contributed by atoms with van der Waals surface area (Å²) in [5, 5.41) is 9.81. The summed E-state index contributed by atoms with van der Waals surface area (Å²) in [5.74, 6) is 1.36. The van der Waals surface area contributed by atoms with Crippen LogP contribution < -0.4 is 4.90 Å². The number of amides is 1. The van der Waals surface area contributed by atoms with Crippen molar-refractivity contribution in [3.05, 3.63) is 41.4 Å². The first-order valence-electron chi connectivity index (χ1n) is 8.87. The number of hydrogen-bond acceptors (Lipinski definition) is 5. The average molecular weight is 374 g/mol. The minimum absolute atomic E-state index is 0.117. The first-order chi connectivity index (χ1) is 12.7. The monoisotopic (exact) mass is 374 g/mol. The number of carbonyl (C=O) groups excluding carboxylic acids is 2. The van der Waals surface area contributed by atoms with Crippen molar-refractivity contribution in [2.24, 2.45) is 0 Å². The van der Waals surface area contributed by atoms with Gasteiger partial charge in [-0.2, -0.15) is 0 Å². The predicted molar refractivity (Wildman–Crippen MR) is 99.4 cm³/mol. The largest absolute Gasteiger partial charge is 0.444 e. The van der Waals surface area contributed by atoms with Crippen molar-refractivity contribution < 1.29 is 23.8 Å². The van der Waals surface area contributed by atoms with E-state index in [1.54, 1.807) is 11.0 Å². The molecule has 0 radical (unpaired) electrons. The zero-order chi connectivity index (χ0) is 19.8. The zero-order valence-corrected chi connectivity index (χ0v) is 15.7. The van der Waals surface area contributed by atoms with Crippen LogP contribution in [0.1, 0.15) is 32.8 Å². The Morgan fingerprint density at radius 3 is 2.78 bits per heavy atom. The van der Waals surface area contributed by atoms with E-state index in [1.807, 2.05) is 31.6 Å². The van der Waals surface area contributed by atoms with Crippen LogP contribution in [-0.4, -0.2) is 53.4 Å². The number of aliphatic hydroxyl groups is 1. The standard InChI is InChI=1S/C20H23FN2O4/c1-20(2,3)27-19(26)22-7-6-15(10-22)23-16(12-25)8-13(11-24)17-9-14(21)4-5-18(17)23/h4-5,8-9,15,25H,6-7,10,12H2,1-3H3/t15-/m1/s1. The van der Waals surface area contributed by atoms with E-state index in [2.05, 4.69) is 0 Å². The second kappa shape index (κ2) is 7.18. The number of hydrogen-bond donors (Lipinski definition) is 1. The summed E-state index contributed by atoms with van der Waals surface area (Å²) in [4.78, 5) is 27.1. The Morgan fingerprint density at radius 2 is 2.15 bits per heavy atom. The van der Waals surface area contributed by atoms with Crippen molar-refractivity contribution in [1.82, 2.24) is 4.90 Å². The lowest BCUT2D eigenvalue weighted by atomic mass is 9.96. The lowest BCUT2D eigenvalue weighted by Crippen LogP contribution is -2.42. The maximum atomic E-state index is 13.7. The van der Waals surface area contributed by atoms with Gasteiger partial charge in [0.2, 0.25) is 0 Å². The van der Waals surface area contributed by atoms with Crippen LogP contribution in [-0.2, 0) is 9.53 Å². The van der Waals surface area contributed by atoms with Gasteiger partial charge in [-0.15, -0.1) is 0 Å². The molecular formula is C20H23FN2O4. The van der Waals surface area contributed by atoms with Gasteiger partial charge >= 0.3 is 6.09 Å². The molecule has 27 heavy (non-hydrogen) atoms. The van der Waals surface area contributed by atoms with Gasteiger partial charge in [0.25, 0.3) is 0 Å². The van der Waals surface area contributed by atoms with Gasteiger partial charge in [0.1, 0.15) is 17.4 Å². The molecule has 1 amide bonds. The molecule has 1 atom stereocenters. The zero-order valence-electron chi connectivity index (χ0n) is 15.7. The highest BCUT2D eigenvalue weighted by Crippen LogP contribution is 2.38. The number of ether oxygens (including phenoxy) is 1. The highest BCUT2D eigenvalue weighted by atomic mass is 19.1. The van der Waals surface area contributed by atoms with Gasteiger partial charge < -0.3 is 19.6 Å². The van der Waals surface area contributed by atoms with Gasteiger partial charge in [0, 0.05) is 24.4 Å². The van der Waals surface area contributed by atoms with Crippen LogP contribution in [0, 0.1) is 5.82 Å². The highest BCUT2D eigenvalue weighted by molar-refractivity contribution is 6.00. The summed E-state index contributed by atoms with van der Waals surface area (Å²) in [5.41, 5.74) is 1.19. The number of halogens is 1. The maximum absolute atomic E-state index is 13.7. The normalized spacial score (nSPS) is 19.5. The number of aliphatic hydroxyl groups excluding tert-OH is 1. The summed E-state index contributed by atoms with van der Waals surface area (Å²) in [7, 11) is 0. The fourth-order valence-corrected chi connectivity index (χ4v) is 3.49. The number of likely N-dealkylation sites (tertiary alicyclic amines) is 1. The van der Waals surface area contributed by atoms with Crippen molar-refractivity contribution in [3.63, 3.8) is 0 Å². The summed E-state index contributed by atoms with van der Waals surface area (Å²) < 4.78 is 19.1. The van der Waals surface area contributed by atoms with E-state index >= 15 is 0 Å². The molecule has 2 heterocycles. The number of benzene rings is 1. The fourth-order valence-electron chi connectivity index (χ4n) is 3.49. The quantitative estimate of drug-likeness (QED) is 0.806. The average Bonchev–Trinajstić information content (AvgIpc) is 3.08. The molecule has 7 heteroatoms. The van der Waals surface area contributed by atoms with E-state index < -0.39 is 11.4 Å². The number of anilines is 1. The van der Waals surface area contributed by atoms with Crippen LogP contribution in [0.25, 0.3) is 5.57 Å². The second-order valence-corrected chi connectivity index (χ2v) is 7.71. The van der Waals surface area contributed by atoms with Gasteiger partial charge in [0.15, 0.2) is 0 Å². The topological polar surface area (TPSA) is 70.1 Å². The first-order valence-corrected chi connectivity index (χ1v) is 8.87. The Kier molecular flexibility index (Phi) is 5.09. The number of nitrogens with zero attached hydrogens (tertiary/aromatic N) is 2. The van der Waals surface area contributed by atoms with Gasteiger partial charge in [-0.05, 0) is 51.5 Å². The molecule has 0 unspecified atom stereocenters. The number of rotatable bonds is 2. The Balaban J connectivity index is 1.90. The SMILES string of the molecule is CC(C)(C)OC(=O)N1CC[C@@H](N2C(CO)=CC(=C=O)c3cc(F)ccc32)C1. The van der Waals surface area contributed by atoms with Crippen molar-refractivity contribution in [1.29, 1.82) is 0 Å². The van der Waals surface area contributed by atoms with Crippen LogP contribution in [0.4, 0.5) is 14.9 Å². The summed E-state index contributed by atoms with van der Waals surface area (Å²) in [6.07, 6.45) is 1.79. The van der Waals surface area contributed by atoms with Crippen LogP contribution in [0.3, 0.4) is 0 Å². The maximum Gasteiger partial charge on any atom is 0.410 e. The molecule has 0 spiro atoms. The Hall–Kier alpha value is -2.63. The molecule has 0 saturated carbocycles. The van der Waals surface area contributed by atoms with E-state index in [-0.39, 0.29) is 24.3 Å². The minimum atomic E-state index is -0.579. The Morgan fingerprint density at radius 1 is 1.41 bits per heavy atom. The van der Waals surface area contributed by atoms with Crippen molar-refractivity contribution in [2.75, 3.05) is 24.6 Å². The van der Waals surface area contributed by atoms with Gasteiger partial charge in [-0.1, -0.05) is 0 Å². The van der Waals surface area contributed by atoms with Crippen molar-refractivity contribution >= 4 is 23.3 Å². The molecular weight excluding hydrogens is 351 g/mol. The molecule has 3 rings (SSSR count). The summed E-state index contributed by atoms with van der Waals surface area (Å²) >= 11 is 0. The molecule has 1 N–H and O–H groups in total. The number of carbonyl (C=O) groups is 1. The Bertz CT molecular complexity index is 837. The van der Waals surface area contributed by atoms with Gasteiger partial charge in [-0.25, -0.2) is 14.0 Å². The molecule has 1 aromatic carbocycles. The highest BCUT2D eigenvalue weighted by Gasteiger charge is 2.36. The van der Waals surface area contributed by atoms with Gasteiger partial charge in [0.05, 0.1) is 23.9 Å². The minimum Gasteiger partial charge on any atom is -0.444 e. The van der Waals surface area contributed by atoms with E-state index in [9.17, 15) is 19.1 Å². The molecule has 1 fully saturated rings. The van der Waals surface area contributed by atoms with E-state index in [0.29, 0.717) is 36.5 Å². The smallest absolute Gasteiger partial charge is 0.410 e. The molecule has 144 valence electrons. The Labute approximate surface area is 157 Å². The number of fused-ring (bicyclic) bond motifs is 1. The van der Waals surface area contributed by atoms with Gasteiger partial charge in [-0.3, -0.25) is 0 Å². The van der Waals surface area contributed by atoms with E-state index in [0.717, 1.165) is 0 Å². The fraction of sp³-hybridized carbons (Fsp3) is 0.450. The van der Waals surface area contributed by atoms with Crippen LogP contribution in [0.2, 0.25) is 0 Å². The molecule has 0 aromatic heterocycles. The molecule has 1 saturated heterocycles. The lowest BCUT2D eigenvalue weighted by Gasteiger charge is -2.36. The van der Waals surface area contributed by atoms with Crippen LogP contribution >= 0.6 is 0 Å². The third-order valence-electron chi connectivity index (χ3n) is 4.58. The molecule has 2 aliphatic heterocycles. The van der Waals surface area contributed by atoms with E-state index in [4.69, 9.17) is 4.74 Å². The third-order valence-corrected chi connectivity index (χ3v) is 4.58. The molecule has 0 bridgehead atoms. The first kappa shape index (κ1) is 19.1. The predicted octanol–water partition coefficient (Wildman–Crippen LogP) is 2.75.